The Kier molecular flexibility index (Phi) is 5.37. The summed E-state index contributed by atoms with van der Waals surface area (Å²) in [6.45, 7) is 2.50. The second-order valence-electron chi connectivity index (χ2n) is 5.80. The SMILES string of the molecule is Cc1ccc(N[C@H]2CNC[C@@H](C(F)(F)F)C2)c2cccnc12.Cl. The van der Waals surface area contributed by atoms with Gasteiger partial charge in [0.2, 0.25) is 0 Å². The highest BCUT2D eigenvalue weighted by Crippen LogP contribution is 2.32. The first-order chi connectivity index (χ1) is 10.4. The first-order valence-corrected chi connectivity index (χ1v) is 7.33. The molecule has 1 fully saturated rings. The van der Waals surface area contributed by atoms with Crippen LogP contribution in [0.4, 0.5) is 18.9 Å². The molecule has 0 aliphatic carbocycles. The normalized spacial score (nSPS) is 21.7. The summed E-state index contributed by atoms with van der Waals surface area (Å²) < 4.78 is 38.6. The number of nitrogens with one attached hydrogen (secondary N) is 2. The molecule has 0 amide bonds. The van der Waals surface area contributed by atoms with E-state index in [0.29, 0.717) is 6.54 Å². The first kappa shape index (κ1) is 17.8. The molecule has 0 radical (unpaired) electrons. The van der Waals surface area contributed by atoms with E-state index in [-0.39, 0.29) is 31.4 Å². The van der Waals surface area contributed by atoms with Gasteiger partial charge < -0.3 is 10.6 Å². The molecule has 0 spiro atoms. The van der Waals surface area contributed by atoms with Gasteiger partial charge in [-0.3, -0.25) is 4.98 Å². The van der Waals surface area contributed by atoms with Crippen molar-refractivity contribution in [1.82, 2.24) is 10.3 Å². The summed E-state index contributed by atoms with van der Waals surface area (Å²) in [7, 11) is 0. The number of halogens is 4. The van der Waals surface area contributed by atoms with Crippen LogP contribution in [0.25, 0.3) is 10.9 Å². The number of hydrogen-bond donors (Lipinski definition) is 2. The molecule has 1 aromatic carbocycles. The third-order valence-corrected chi connectivity index (χ3v) is 4.14. The second kappa shape index (κ2) is 6.93. The van der Waals surface area contributed by atoms with Crippen LogP contribution in [-0.2, 0) is 0 Å². The summed E-state index contributed by atoms with van der Waals surface area (Å²) in [5.41, 5.74) is 2.77. The molecule has 7 heteroatoms. The highest BCUT2D eigenvalue weighted by Gasteiger charge is 2.42. The number of anilines is 1. The van der Waals surface area contributed by atoms with Gasteiger partial charge in [0.05, 0.1) is 11.4 Å². The minimum Gasteiger partial charge on any atom is -0.380 e. The van der Waals surface area contributed by atoms with Gasteiger partial charge in [0.1, 0.15) is 0 Å². The molecule has 2 atom stereocenters. The molecule has 2 N–H and O–H groups in total. The number of nitrogens with zero attached hydrogens (tertiary/aromatic N) is 1. The van der Waals surface area contributed by atoms with Gasteiger partial charge in [0.25, 0.3) is 0 Å². The van der Waals surface area contributed by atoms with Gasteiger partial charge in [0, 0.05) is 36.4 Å². The van der Waals surface area contributed by atoms with Crippen LogP contribution in [0, 0.1) is 12.8 Å². The van der Waals surface area contributed by atoms with Crippen molar-refractivity contribution in [2.45, 2.75) is 25.6 Å². The van der Waals surface area contributed by atoms with Crippen LogP contribution >= 0.6 is 12.4 Å². The Labute approximate surface area is 139 Å². The maximum Gasteiger partial charge on any atom is 0.393 e. The fraction of sp³-hybridized carbons (Fsp3) is 0.438. The molecule has 2 heterocycles. The van der Waals surface area contributed by atoms with Crippen LogP contribution in [0.2, 0.25) is 0 Å². The zero-order chi connectivity index (χ0) is 15.7. The average molecular weight is 346 g/mol. The van der Waals surface area contributed by atoms with E-state index in [9.17, 15) is 13.2 Å². The fourth-order valence-electron chi connectivity index (χ4n) is 2.96. The van der Waals surface area contributed by atoms with E-state index >= 15 is 0 Å². The Hall–Kier alpha value is -1.53. The van der Waals surface area contributed by atoms with E-state index in [2.05, 4.69) is 15.6 Å². The van der Waals surface area contributed by atoms with E-state index < -0.39 is 12.1 Å². The summed E-state index contributed by atoms with van der Waals surface area (Å²) in [5.74, 6) is -1.30. The van der Waals surface area contributed by atoms with Crippen molar-refractivity contribution in [3.63, 3.8) is 0 Å². The van der Waals surface area contributed by atoms with Crippen molar-refractivity contribution < 1.29 is 13.2 Å². The lowest BCUT2D eigenvalue weighted by atomic mass is 9.94. The van der Waals surface area contributed by atoms with E-state index in [1.165, 1.54) is 0 Å². The number of aromatic nitrogens is 1. The van der Waals surface area contributed by atoms with Gasteiger partial charge in [-0.05, 0) is 37.1 Å². The predicted octanol–water partition coefficient (Wildman–Crippen LogP) is 3.92. The molecule has 0 saturated carbocycles. The van der Waals surface area contributed by atoms with Crippen LogP contribution in [0.1, 0.15) is 12.0 Å². The first-order valence-electron chi connectivity index (χ1n) is 7.33. The van der Waals surface area contributed by atoms with Gasteiger partial charge in [-0.1, -0.05) is 6.07 Å². The lowest BCUT2D eigenvalue weighted by molar-refractivity contribution is -0.178. The molecule has 0 unspecified atom stereocenters. The number of piperidine rings is 1. The fourth-order valence-corrected chi connectivity index (χ4v) is 2.96. The molecule has 0 bridgehead atoms. The summed E-state index contributed by atoms with van der Waals surface area (Å²) in [5, 5.41) is 7.07. The van der Waals surface area contributed by atoms with Crippen LogP contribution in [-0.4, -0.2) is 30.3 Å². The van der Waals surface area contributed by atoms with Crippen LogP contribution in [0.5, 0.6) is 0 Å². The molecular weight excluding hydrogens is 327 g/mol. The number of aryl methyl sites for hydroxylation is 1. The Balaban J connectivity index is 0.00000192. The standard InChI is InChI=1S/C16H18F3N3.ClH/c1-10-4-5-14(13-3-2-6-21-15(10)13)22-12-7-11(8-20-9-12)16(17,18)19;/h2-6,11-12,20,22H,7-9H2,1H3;1H/t11-,12+;/m0./s1. The molecule has 126 valence electrons. The highest BCUT2D eigenvalue weighted by molar-refractivity contribution is 5.93. The Morgan fingerprint density at radius 1 is 1.22 bits per heavy atom. The summed E-state index contributed by atoms with van der Waals surface area (Å²) >= 11 is 0. The Bertz CT molecular complexity index is 675. The summed E-state index contributed by atoms with van der Waals surface area (Å²) in [6, 6.07) is 7.39. The Morgan fingerprint density at radius 2 is 2.00 bits per heavy atom. The largest absolute Gasteiger partial charge is 0.393 e. The quantitative estimate of drug-likeness (QED) is 0.866. The molecule has 1 aliphatic heterocycles. The maximum absolute atomic E-state index is 12.9. The molecule has 1 saturated heterocycles. The molecule has 3 rings (SSSR count). The van der Waals surface area contributed by atoms with Gasteiger partial charge in [-0.2, -0.15) is 13.2 Å². The zero-order valence-corrected chi connectivity index (χ0v) is 13.5. The van der Waals surface area contributed by atoms with Crippen molar-refractivity contribution >= 4 is 29.0 Å². The maximum atomic E-state index is 12.9. The minimum atomic E-state index is -4.15. The molecule has 2 aromatic rings. The molecule has 23 heavy (non-hydrogen) atoms. The van der Waals surface area contributed by atoms with E-state index in [0.717, 1.165) is 22.2 Å². The number of benzene rings is 1. The van der Waals surface area contributed by atoms with E-state index in [4.69, 9.17) is 0 Å². The number of fused-ring (bicyclic) bond motifs is 1. The van der Waals surface area contributed by atoms with Crippen LogP contribution < -0.4 is 10.6 Å². The smallest absolute Gasteiger partial charge is 0.380 e. The van der Waals surface area contributed by atoms with Crippen molar-refractivity contribution in [2.75, 3.05) is 18.4 Å². The lowest BCUT2D eigenvalue weighted by Crippen LogP contribution is -2.47. The zero-order valence-electron chi connectivity index (χ0n) is 12.7. The van der Waals surface area contributed by atoms with Gasteiger partial charge >= 0.3 is 6.18 Å². The predicted molar refractivity (Wildman–Crippen MR) is 88.2 cm³/mol. The van der Waals surface area contributed by atoms with Gasteiger partial charge in [0.15, 0.2) is 0 Å². The highest BCUT2D eigenvalue weighted by atomic mass is 35.5. The monoisotopic (exact) mass is 345 g/mol. The molecule has 1 aromatic heterocycles. The number of pyridine rings is 1. The molecular formula is C16H19ClF3N3. The third-order valence-electron chi connectivity index (χ3n) is 4.14. The van der Waals surface area contributed by atoms with Crippen molar-refractivity contribution in [3.05, 3.63) is 36.0 Å². The van der Waals surface area contributed by atoms with E-state index in [1.54, 1.807) is 6.20 Å². The van der Waals surface area contributed by atoms with Crippen LogP contribution in [0.3, 0.4) is 0 Å². The molecule has 1 aliphatic rings. The summed E-state index contributed by atoms with van der Waals surface area (Å²) in [6.07, 6.45) is -2.34. The second-order valence-corrected chi connectivity index (χ2v) is 5.80. The Morgan fingerprint density at radius 3 is 2.74 bits per heavy atom. The van der Waals surface area contributed by atoms with E-state index in [1.807, 2.05) is 31.2 Å². The molecule has 3 nitrogen and oxygen atoms in total. The third kappa shape index (κ3) is 3.87. The number of hydrogen-bond acceptors (Lipinski definition) is 3. The van der Waals surface area contributed by atoms with Crippen molar-refractivity contribution in [1.29, 1.82) is 0 Å². The summed E-state index contributed by atoms with van der Waals surface area (Å²) in [4.78, 5) is 4.35. The topological polar surface area (TPSA) is 37.0 Å². The number of alkyl halides is 3. The lowest BCUT2D eigenvalue weighted by Gasteiger charge is -2.32. The van der Waals surface area contributed by atoms with Gasteiger partial charge in [-0.25, -0.2) is 0 Å². The van der Waals surface area contributed by atoms with Crippen molar-refractivity contribution in [2.24, 2.45) is 5.92 Å². The van der Waals surface area contributed by atoms with Gasteiger partial charge in [-0.15, -0.1) is 12.4 Å². The minimum absolute atomic E-state index is 0. The number of rotatable bonds is 2. The average Bonchev–Trinajstić information content (AvgIpc) is 2.50. The van der Waals surface area contributed by atoms with Crippen LogP contribution in [0.15, 0.2) is 30.5 Å². The van der Waals surface area contributed by atoms with Crippen molar-refractivity contribution in [3.8, 4) is 0 Å².